The van der Waals surface area contributed by atoms with Crippen LogP contribution in [0.15, 0.2) is 24.3 Å². The maximum absolute atomic E-state index is 11.6. The zero-order valence-electron chi connectivity index (χ0n) is 10.5. The Morgan fingerprint density at radius 3 is 2.44 bits per heavy atom. The summed E-state index contributed by atoms with van der Waals surface area (Å²) >= 11 is 0. The average Bonchev–Trinajstić information content (AvgIpc) is 3.13. The van der Waals surface area contributed by atoms with Crippen LogP contribution < -0.4 is 10.6 Å². The third-order valence-electron chi connectivity index (χ3n) is 2.99. The Morgan fingerprint density at radius 1 is 1.22 bits per heavy atom. The molecule has 1 aliphatic rings. The molecule has 0 atom stereocenters. The summed E-state index contributed by atoms with van der Waals surface area (Å²) in [5, 5.41) is 5.92. The number of hydrogen-bond acceptors (Lipinski definition) is 3. The van der Waals surface area contributed by atoms with E-state index in [1.54, 1.807) is 24.3 Å². The SMILES string of the molecule is CC(=O)c1ccc(NC(=O)CNCC2CC2)cc1. The van der Waals surface area contributed by atoms with E-state index in [1.165, 1.54) is 19.8 Å². The van der Waals surface area contributed by atoms with Gasteiger partial charge in [-0.2, -0.15) is 0 Å². The standard InChI is InChI=1S/C14H18N2O2/c1-10(17)12-4-6-13(7-5-12)16-14(18)9-15-8-11-2-3-11/h4-7,11,15H,2-3,8-9H2,1H3,(H,16,18). The van der Waals surface area contributed by atoms with Crippen molar-refractivity contribution >= 4 is 17.4 Å². The molecule has 2 rings (SSSR count). The van der Waals surface area contributed by atoms with Crippen LogP contribution in [-0.4, -0.2) is 24.8 Å². The van der Waals surface area contributed by atoms with Crippen molar-refractivity contribution in [3.8, 4) is 0 Å². The first-order valence-corrected chi connectivity index (χ1v) is 6.27. The van der Waals surface area contributed by atoms with Gasteiger partial charge in [0.05, 0.1) is 6.54 Å². The van der Waals surface area contributed by atoms with Gasteiger partial charge < -0.3 is 10.6 Å². The first-order valence-electron chi connectivity index (χ1n) is 6.27. The van der Waals surface area contributed by atoms with Gasteiger partial charge >= 0.3 is 0 Å². The summed E-state index contributed by atoms with van der Waals surface area (Å²) < 4.78 is 0. The quantitative estimate of drug-likeness (QED) is 0.753. The van der Waals surface area contributed by atoms with Gasteiger partial charge in [0.2, 0.25) is 5.91 Å². The highest BCUT2D eigenvalue weighted by molar-refractivity contribution is 5.96. The Morgan fingerprint density at radius 2 is 1.89 bits per heavy atom. The van der Waals surface area contributed by atoms with Gasteiger partial charge in [0, 0.05) is 11.3 Å². The van der Waals surface area contributed by atoms with E-state index in [2.05, 4.69) is 10.6 Å². The number of hydrogen-bond donors (Lipinski definition) is 2. The zero-order valence-corrected chi connectivity index (χ0v) is 10.5. The molecule has 0 heterocycles. The molecule has 4 nitrogen and oxygen atoms in total. The lowest BCUT2D eigenvalue weighted by molar-refractivity contribution is -0.115. The smallest absolute Gasteiger partial charge is 0.238 e. The molecule has 0 aromatic heterocycles. The van der Waals surface area contributed by atoms with Crippen molar-refractivity contribution in [1.82, 2.24) is 5.32 Å². The Bertz CT molecular complexity index is 436. The molecule has 1 aliphatic carbocycles. The van der Waals surface area contributed by atoms with E-state index in [0.717, 1.165) is 18.2 Å². The number of carbonyl (C=O) groups excluding carboxylic acids is 2. The molecular weight excluding hydrogens is 228 g/mol. The topological polar surface area (TPSA) is 58.2 Å². The fraction of sp³-hybridized carbons (Fsp3) is 0.429. The number of ketones is 1. The highest BCUT2D eigenvalue weighted by Gasteiger charge is 2.20. The lowest BCUT2D eigenvalue weighted by Crippen LogP contribution is -2.29. The molecule has 0 saturated heterocycles. The molecule has 18 heavy (non-hydrogen) atoms. The number of benzene rings is 1. The van der Waals surface area contributed by atoms with E-state index in [0.29, 0.717) is 12.1 Å². The van der Waals surface area contributed by atoms with Gasteiger partial charge in [-0.25, -0.2) is 0 Å². The molecule has 0 bridgehead atoms. The molecule has 1 aromatic rings. The average molecular weight is 246 g/mol. The van der Waals surface area contributed by atoms with Crippen molar-refractivity contribution in [2.45, 2.75) is 19.8 Å². The van der Waals surface area contributed by atoms with Crippen molar-refractivity contribution in [2.75, 3.05) is 18.4 Å². The Labute approximate surface area is 107 Å². The molecular formula is C14H18N2O2. The molecule has 1 aromatic carbocycles. The molecule has 1 amide bonds. The van der Waals surface area contributed by atoms with Gasteiger partial charge in [-0.15, -0.1) is 0 Å². The lowest BCUT2D eigenvalue weighted by atomic mass is 10.1. The fourth-order valence-corrected chi connectivity index (χ4v) is 1.71. The van der Waals surface area contributed by atoms with E-state index in [1.807, 2.05) is 0 Å². The van der Waals surface area contributed by atoms with Crippen LogP contribution in [-0.2, 0) is 4.79 Å². The van der Waals surface area contributed by atoms with Gasteiger partial charge in [0.1, 0.15) is 0 Å². The molecule has 0 radical (unpaired) electrons. The van der Waals surface area contributed by atoms with Crippen LogP contribution in [0, 0.1) is 5.92 Å². The second-order valence-electron chi connectivity index (χ2n) is 4.76. The molecule has 1 saturated carbocycles. The van der Waals surface area contributed by atoms with E-state index >= 15 is 0 Å². The van der Waals surface area contributed by atoms with E-state index in [9.17, 15) is 9.59 Å². The predicted octanol–water partition coefficient (Wildman–Crippen LogP) is 1.83. The highest BCUT2D eigenvalue weighted by Crippen LogP contribution is 2.27. The summed E-state index contributed by atoms with van der Waals surface area (Å²) in [6, 6.07) is 6.93. The number of rotatable bonds is 6. The van der Waals surface area contributed by atoms with E-state index in [-0.39, 0.29) is 11.7 Å². The first kappa shape index (κ1) is 12.8. The van der Waals surface area contributed by atoms with Crippen molar-refractivity contribution in [3.63, 3.8) is 0 Å². The first-order chi connectivity index (χ1) is 8.65. The zero-order chi connectivity index (χ0) is 13.0. The third-order valence-corrected chi connectivity index (χ3v) is 2.99. The largest absolute Gasteiger partial charge is 0.325 e. The molecule has 0 unspecified atom stereocenters. The molecule has 96 valence electrons. The summed E-state index contributed by atoms with van der Waals surface area (Å²) in [4.78, 5) is 22.7. The van der Waals surface area contributed by atoms with Gasteiger partial charge in [-0.3, -0.25) is 9.59 Å². The van der Waals surface area contributed by atoms with Crippen LogP contribution in [0.1, 0.15) is 30.1 Å². The lowest BCUT2D eigenvalue weighted by Gasteiger charge is -2.06. The van der Waals surface area contributed by atoms with Crippen LogP contribution in [0.4, 0.5) is 5.69 Å². The summed E-state index contributed by atoms with van der Waals surface area (Å²) in [5.41, 5.74) is 1.37. The highest BCUT2D eigenvalue weighted by atomic mass is 16.2. The number of Topliss-reactive ketones (excluding diaryl/α,β-unsaturated/α-hetero) is 1. The molecule has 1 fully saturated rings. The van der Waals surface area contributed by atoms with Crippen LogP contribution in [0.2, 0.25) is 0 Å². The molecule has 0 spiro atoms. The van der Waals surface area contributed by atoms with Crippen LogP contribution in [0.5, 0.6) is 0 Å². The van der Waals surface area contributed by atoms with E-state index in [4.69, 9.17) is 0 Å². The van der Waals surface area contributed by atoms with Gasteiger partial charge in [-0.1, -0.05) is 0 Å². The van der Waals surface area contributed by atoms with Crippen LogP contribution in [0.25, 0.3) is 0 Å². The number of amides is 1. The normalized spacial score (nSPS) is 14.3. The Balaban J connectivity index is 1.76. The maximum atomic E-state index is 11.6. The van der Waals surface area contributed by atoms with E-state index < -0.39 is 0 Å². The number of nitrogens with one attached hydrogen (secondary N) is 2. The summed E-state index contributed by atoms with van der Waals surface area (Å²) in [6.45, 7) is 2.79. The number of anilines is 1. The molecule has 2 N–H and O–H groups in total. The van der Waals surface area contributed by atoms with Crippen LogP contribution in [0.3, 0.4) is 0 Å². The monoisotopic (exact) mass is 246 g/mol. The summed E-state index contributed by atoms with van der Waals surface area (Å²) in [7, 11) is 0. The minimum Gasteiger partial charge on any atom is -0.325 e. The third kappa shape index (κ3) is 3.96. The predicted molar refractivity (Wildman–Crippen MR) is 70.7 cm³/mol. The Kier molecular flexibility index (Phi) is 4.10. The minimum absolute atomic E-state index is 0.0268. The number of carbonyl (C=O) groups is 2. The molecule has 4 heteroatoms. The second-order valence-corrected chi connectivity index (χ2v) is 4.76. The van der Waals surface area contributed by atoms with Gasteiger partial charge in [-0.05, 0) is 56.5 Å². The summed E-state index contributed by atoms with van der Waals surface area (Å²) in [6.07, 6.45) is 2.56. The van der Waals surface area contributed by atoms with Crippen LogP contribution >= 0.6 is 0 Å². The van der Waals surface area contributed by atoms with Crippen molar-refractivity contribution in [1.29, 1.82) is 0 Å². The summed E-state index contributed by atoms with van der Waals surface area (Å²) in [5.74, 6) is 0.748. The van der Waals surface area contributed by atoms with Gasteiger partial charge in [0.25, 0.3) is 0 Å². The maximum Gasteiger partial charge on any atom is 0.238 e. The molecule has 0 aliphatic heterocycles. The van der Waals surface area contributed by atoms with Gasteiger partial charge in [0.15, 0.2) is 5.78 Å². The second kappa shape index (κ2) is 5.78. The van der Waals surface area contributed by atoms with Crippen molar-refractivity contribution < 1.29 is 9.59 Å². The minimum atomic E-state index is -0.0498. The fourth-order valence-electron chi connectivity index (χ4n) is 1.71. The van der Waals surface area contributed by atoms with Crippen molar-refractivity contribution in [3.05, 3.63) is 29.8 Å². The Hall–Kier alpha value is -1.68. The van der Waals surface area contributed by atoms with Crippen molar-refractivity contribution in [2.24, 2.45) is 5.92 Å².